The van der Waals surface area contributed by atoms with Gasteiger partial charge in [-0.25, -0.2) is 9.59 Å². The summed E-state index contributed by atoms with van der Waals surface area (Å²) in [5, 5.41) is 30.8. The van der Waals surface area contributed by atoms with Crippen LogP contribution in [0.3, 0.4) is 0 Å². The predicted octanol–water partition coefficient (Wildman–Crippen LogP) is 5.02. The van der Waals surface area contributed by atoms with Gasteiger partial charge in [-0.15, -0.1) is 0 Å². The van der Waals surface area contributed by atoms with E-state index in [0.29, 0.717) is 32.5 Å². The van der Waals surface area contributed by atoms with Crippen LogP contribution in [0.15, 0.2) is 20.5 Å². The standard InChI is InChI=1S/C26H53N9O3/c1-23(2,3)32-34-25(7,8)30-21(37)28-17-14-12-11-13-16-20(36)27-18-15-19-29-22(38)31-26(9,10)35-33-24(4,5)6/h11-19H2,1-10H3,(H,27,36)(H2,28,30,37)(H2,29,31,38). The van der Waals surface area contributed by atoms with E-state index >= 15 is 0 Å². The van der Waals surface area contributed by atoms with Crippen molar-refractivity contribution in [3.8, 4) is 0 Å². The van der Waals surface area contributed by atoms with Crippen molar-refractivity contribution >= 4 is 18.0 Å². The zero-order valence-electron chi connectivity index (χ0n) is 25.4. The topological polar surface area (TPSA) is 161 Å². The Labute approximate surface area is 229 Å². The maximum atomic E-state index is 12.1. The molecular weight excluding hydrogens is 486 g/mol. The Balaban J connectivity index is 3.85. The van der Waals surface area contributed by atoms with Crippen molar-refractivity contribution in [2.45, 2.75) is 130 Å². The fourth-order valence-corrected chi connectivity index (χ4v) is 2.82. The van der Waals surface area contributed by atoms with E-state index in [1.807, 2.05) is 41.5 Å². The Hall–Kier alpha value is -2.79. The molecule has 0 saturated carbocycles. The lowest BCUT2D eigenvalue weighted by molar-refractivity contribution is -0.121. The molecule has 0 aromatic rings. The average molecular weight is 540 g/mol. The zero-order chi connectivity index (χ0) is 29.5. The van der Waals surface area contributed by atoms with Gasteiger partial charge in [-0.3, -0.25) is 4.79 Å². The SMILES string of the molecule is CC(C)(C)N=NC(C)(C)NC(=O)NCCCCCCC(=O)NCCCNC(=O)NC(C)(C)N=NC(C)(C)C. The highest BCUT2D eigenvalue weighted by Crippen LogP contribution is 2.13. The largest absolute Gasteiger partial charge is 0.356 e. The molecule has 220 valence electrons. The molecule has 0 aliphatic carbocycles. The zero-order valence-corrected chi connectivity index (χ0v) is 25.4. The molecule has 12 heteroatoms. The lowest BCUT2D eigenvalue weighted by atomic mass is 10.1. The number of rotatable bonds is 15. The predicted molar refractivity (Wildman–Crippen MR) is 151 cm³/mol. The summed E-state index contributed by atoms with van der Waals surface area (Å²) in [5.41, 5.74) is -2.17. The van der Waals surface area contributed by atoms with Crippen LogP contribution in [0.4, 0.5) is 9.59 Å². The van der Waals surface area contributed by atoms with Gasteiger partial charge in [-0.1, -0.05) is 12.8 Å². The Morgan fingerprint density at radius 3 is 1.34 bits per heavy atom. The van der Waals surface area contributed by atoms with Gasteiger partial charge in [-0.05, 0) is 88.5 Å². The maximum absolute atomic E-state index is 12.1. The van der Waals surface area contributed by atoms with Gasteiger partial charge in [-0.2, -0.15) is 20.5 Å². The normalized spacial score (nSPS) is 13.0. The van der Waals surface area contributed by atoms with Gasteiger partial charge >= 0.3 is 12.1 Å². The van der Waals surface area contributed by atoms with E-state index in [4.69, 9.17) is 0 Å². The number of urea groups is 2. The Kier molecular flexibility index (Phi) is 15.0. The molecule has 0 saturated heterocycles. The summed E-state index contributed by atoms with van der Waals surface area (Å²) in [5.74, 6) is 0.00216. The summed E-state index contributed by atoms with van der Waals surface area (Å²) in [6.45, 7) is 20.3. The first kappa shape index (κ1) is 35.2. The summed E-state index contributed by atoms with van der Waals surface area (Å²) in [6, 6.07) is -0.597. The number of carbonyl (C=O) groups excluding carboxylic acids is 3. The molecule has 0 fully saturated rings. The Morgan fingerprint density at radius 2 is 0.895 bits per heavy atom. The number of azo groups is 2. The van der Waals surface area contributed by atoms with Gasteiger partial charge in [0.1, 0.15) is 11.3 Å². The van der Waals surface area contributed by atoms with Crippen LogP contribution in [0.2, 0.25) is 0 Å². The molecule has 12 nitrogen and oxygen atoms in total. The van der Waals surface area contributed by atoms with E-state index in [9.17, 15) is 14.4 Å². The third-order valence-corrected chi connectivity index (χ3v) is 4.62. The number of hydrogen-bond acceptors (Lipinski definition) is 7. The molecule has 0 aromatic heterocycles. The van der Waals surface area contributed by atoms with Crippen LogP contribution < -0.4 is 26.6 Å². The molecule has 38 heavy (non-hydrogen) atoms. The molecule has 0 spiro atoms. The maximum Gasteiger partial charge on any atom is 0.316 e. The van der Waals surface area contributed by atoms with Crippen LogP contribution in [-0.2, 0) is 4.79 Å². The van der Waals surface area contributed by atoms with E-state index in [1.165, 1.54) is 0 Å². The van der Waals surface area contributed by atoms with Crippen molar-refractivity contribution in [2.24, 2.45) is 20.5 Å². The van der Waals surface area contributed by atoms with Crippen LogP contribution in [0, 0.1) is 0 Å². The van der Waals surface area contributed by atoms with E-state index < -0.39 is 11.3 Å². The second-order valence-corrected chi connectivity index (χ2v) is 12.5. The summed E-state index contributed by atoms with van der Waals surface area (Å²) >= 11 is 0. The molecule has 0 heterocycles. The third-order valence-electron chi connectivity index (χ3n) is 4.62. The molecule has 5 amide bonds. The number of unbranched alkanes of at least 4 members (excludes halogenated alkanes) is 3. The quantitative estimate of drug-likeness (QED) is 0.146. The number of hydrogen-bond donors (Lipinski definition) is 5. The molecule has 0 rings (SSSR count). The van der Waals surface area contributed by atoms with E-state index in [1.54, 1.807) is 27.7 Å². The summed E-state index contributed by atoms with van der Waals surface area (Å²) in [7, 11) is 0. The molecule has 0 aromatic carbocycles. The fourth-order valence-electron chi connectivity index (χ4n) is 2.82. The molecule has 0 radical (unpaired) electrons. The minimum atomic E-state index is -0.802. The summed E-state index contributed by atoms with van der Waals surface area (Å²) in [6.07, 6.45) is 4.54. The van der Waals surface area contributed by atoms with E-state index in [0.717, 1.165) is 25.7 Å². The van der Waals surface area contributed by atoms with Gasteiger partial charge in [0.2, 0.25) is 5.91 Å². The van der Waals surface area contributed by atoms with Gasteiger partial charge in [0, 0.05) is 26.1 Å². The van der Waals surface area contributed by atoms with Crippen molar-refractivity contribution < 1.29 is 14.4 Å². The first-order valence-electron chi connectivity index (χ1n) is 13.6. The van der Waals surface area contributed by atoms with Crippen molar-refractivity contribution in [1.82, 2.24) is 26.6 Å². The molecule has 5 N–H and O–H groups in total. The van der Waals surface area contributed by atoms with Crippen molar-refractivity contribution in [3.63, 3.8) is 0 Å². The van der Waals surface area contributed by atoms with Gasteiger partial charge in [0.05, 0.1) is 11.1 Å². The molecular formula is C26H53N9O3. The lowest BCUT2D eigenvalue weighted by Crippen LogP contribution is -2.47. The van der Waals surface area contributed by atoms with E-state index in [-0.39, 0.29) is 29.0 Å². The molecule has 0 atom stereocenters. The highest BCUT2D eigenvalue weighted by atomic mass is 16.2. The van der Waals surface area contributed by atoms with Gasteiger partial charge in [0.25, 0.3) is 0 Å². The van der Waals surface area contributed by atoms with Crippen molar-refractivity contribution in [1.29, 1.82) is 0 Å². The lowest BCUT2D eigenvalue weighted by Gasteiger charge is -2.22. The second-order valence-electron chi connectivity index (χ2n) is 12.5. The van der Waals surface area contributed by atoms with Crippen LogP contribution >= 0.6 is 0 Å². The number of nitrogens with zero attached hydrogens (tertiary/aromatic N) is 4. The average Bonchev–Trinajstić information content (AvgIpc) is 2.74. The second kappa shape index (κ2) is 16.2. The van der Waals surface area contributed by atoms with Gasteiger partial charge in [0.15, 0.2) is 0 Å². The summed E-state index contributed by atoms with van der Waals surface area (Å²) < 4.78 is 0. The minimum absolute atomic E-state index is 0.00216. The van der Waals surface area contributed by atoms with Crippen LogP contribution in [0.5, 0.6) is 0 Å². The minimum Gasteiger partial charge on any atom is -0.356 e. The Bertz CT molecular complexity index is 795. The third kappa shape index (κ3) is 22.4. The first-order chi connectivity index (χ1) is 17.3. The fraction of sp³-hybridized carbons (Fsp3) is 0.885. The monoisotopic (exact) mass is 539 g/mol. The van der Waals surface area contributed by atoms with Crippen molar-refractivity contribution in [2.75, 3.05) is 19.6 Å². The highest BCUT2D eigenvalue weighted by Gasteiger charge is 2.21. The van der Waals surface area contributed by atoms with E-state index in [2.05, 4.69) is 47.0 Å². The molecule has 0 bridgehead atoms. The molecule has 0 aliphatic rings. The molecule has 0 aliphatic heterocycles. The number of carbonyl (C=O) groups is 3. The highest BCUT2D eigenvalue weighted by molar-refractivity contribution is 5.76. The summed E-state index contributed by atoms with van der Waals surface area (Å²) in [4.78, 5) is 36.1. The first-order valence-corrected chi connectivity index (χ1v) is 13.6. The molecule has 0 unspecified atom stereocenters. The smallest absolute Gasteiger partial charge is 0.316 e. The Morgan fingerprint density at radius 1 is 0.500 bits per heavy atom. The van der Waals surface area contributed by atoms with Crippen LogP contribution in [0.1, 0.15) is 108 Å². The van der Waals surface area contributed by atoms with Crippen LogP contribution in [0.25, 0.3) is 0 Å². The van der Waals surface area contributed by atoms with Crippen molar-refractivity contribution in [3.05, 3.63) is 0 Å². The number of amides is 5. The van der Waals surface area contributed by atoms with Crippen LogP contribution in [-0.4, -0.2) is 60.0 Å². The number of nitrogens with one attached hydrogen (secondary N) is 5. The van der Waals surface area contributed by atoms with Gasteiger partial charge < -0.3 is 26.6 Å².